The van der Waals surface area contributed by atoms with Crippen molar-refractivity contribution in [1.29, 1.82) is 0 Å². The minimum Gasteiger partial charge on any atom is -0.367 e. The lowest BCUT2D eigenvalue weighted by atomic mass is 10.1. The zero-order valence-electron chi connectivity index (χ0n) is 18.0. The molecule has 1 aliphatic rings. The molecule has 32 heavy (non-hydrogen) atoms. The SMILES string of the molecule is CC(NC(=O)N1CCN(c2cccc3[nH]ccc23)CC1)c1nc(Cc2ccccc2)no1. The van der Waals surface area contributed by atoms with Crippen molar-refractivity contribution in [1.82, 2.24) is 25.3 Å². The number of anilines is 1. The third-order valence-corrected chi connectivity index (χ3v) is 5.88. The summed E-state index contributed by atoms with van der Waals surface area (Å²) in [6, 6.07) is 17.9. The van der Waals surface area contributed by atoms with E-state index in [1.807, 2.05) is 48.4 Å². The number of carbonyl (C=O) groups excluding carboxylic acids is 1. The molecule has 1 aliphatic heterocycles. The maximum absolute atomic E-state index is 12.8. The smallest absolute Gasteiger partial charge is 0.318 e. The van der Waals surface area contributed by atoms with Gasteiger partial charge in [0.05, 0.1) is 0 Å². The van der Waals surface area contributed by atoms with Crippen molar-refractivity contribution in [3.8, 4) is 0 Å². The van der Waals surface area contributed by atoms with Crippen LogP contribution in [0.1, 0.15) is 30.2 Å². The summed E-state index contributed by atoms with van der Waals surface area (Å²) >= 11 is 0. The third-order valence-electron chi connectivity index (χ3n) is 5.88. The first-order chi connectivity index (χ1) is 15.7. The number of rotatable bonds is 5. The van der Waals surface area contributed by atoms with Gasteiger partial charge in [-0.15, -0.1) is 0 Å². The molecule has 0 aliphatic carbocycles. The number of aromatic amines is 1. The molecule has 2 amide bonds. The van der Waals surface area contributed by atoms with Gasteiger partial charge in [-0.2, -0.15) is 4.98 Å². The number of piperazine rings is 1. The number of carbonyl (C=O) groups is 1. The van der Waals surface area contributed by atoms with Crippen LogP contribution in [0.2, 0.25) is 0 Å². The predicted molar refractivity (Wildman–Crippen MR) is 123 cm³/mol. The van der Waals surface area contributed by atoms with E-state index in [4.69, 9.17) is 4.52 Å². The Labute approximate surface area is 186 Å². The van der Waals surface area contributed by atoms with Crippen LogP contribution >= 0.6 is 0 Å². The summed E-state index contributed by atoms with van der Waals surface area (Å²) in [4.78, 5) is 24.7. The Morgan fingerprint density at radius 1 is 1.09 bits per heavy atom. The molecule has 5 rings (SSSR count). The molecule has 1 atom stereocenters. The quantitative estimate of drug-likeness (QED) is 0.503. The molecule has 164 valence electrons. The highest BCUT2D eigenvalue weighted by atomic mass is 16.5. The Morgan fingerprint density at radius 2 is 1.91 bits per heavy atom. The number of amides is 2. The van der Waals surface area contributed by atoms with Gasteiger partial charge in [0, 0.05) is 55.4 Å². The van der Waals surface area contributed by atoms with Gasteiger partial charge in [0.25, 0.3) is 0 Å². The number of H-pyrrole nitrogens is 1. The Bertz CT molecular complexity index is 1190. The number of nitrogens with one attached hydrogen (secondary N) is 2. The van der Waals surface area contributed by atoms with Crippen LogP contribution in [0.5, 0.6) is 0 Å². The lowest BCUT2D eigenvalue weighted by Gasteiger charge is -2.36. The van der Waals surface area contributed by atoms with Crippen LogP contribution in [0.25, 0.3) is 10.9 Å². The predicted octanol–water partition coefficient (Wildman–Crippen LogP) is 3.73. The molecule has 1 unspecified atom stereocenters. The van der Waals surface area contributed by atoms with E-state index < -0.39 is 0 Å². The molecule has 3 heterocycles. The van der Waals surface area contributed by atoms with Crippen LogP contribution in [-0.2, 0) is 6.42 Å². The molecule has 0 radical (unpaired) electrons. The van der Waals surface area contributed by atoms with Gasteiger partial charge >= 0.3 is 6.03 Å². The van der Waals surface area contributed by atoms with Gasteiger partial charge in [0.1, 0.15) is 6.04 Å². The largest absolute Gasteiger partial charge is 0.367 e. The fraction of sp³-hybridized carbons (Fsp3) is 0.292. The second-order valence-corrected chi connectivity index (χ2v) is 8.07. The molecule has 0 bridgehead atoms. The zero-order chi connectivity index (χ0) is 21.9. The zero-order valence-corrected chi connectivity index (χ0v) is 18.0. The molecule has 1 saturated heterocycles. The van der Waals surface area contributed by atoms with E-state index >= 15 is 0 Å². The molecule has 0 spiro atoms. The van der Waals surface area contributed by atoms with Crippen LogP contribution < -0.4 is 10.2 Å². The number of urea groups is 1. The fourth-order valence-corrected chi connectivity index (χ4v) is 4.13. The third kappa shape index (κ3) is 4.16. The second kappa shape index (κ2) is 8.74. The highest BCUT2D eigenvalue weighted by molar-refractivity contribution is 5.92. The average molecular weight is 431 g/mol. The second-order valence-electron chi connectivity index (χ2n) is 8.07. The lowest BCUT2D eigenvalue weighted by Crippen LogP contribution is -2.52. The van der Waals surface area contributed by atoms with Crippen molar-refractivity contribution >= 4 is 22.6 Å². The van der Waals surface area contributed by atoms with E-state index in [0.29, 0.717) is 31.2 Å². The number of aromatic nitrogens is 3. The lowest BCUT2D eigenvalue weighted by molar-refractivity contribution is 0.188. The van der Waals surface area contributed by atoms with Crippen molar-refractivity contribution in [2.24, 2.45) is 0 Å². The molecule has 2 aromatic heterocycles. The Kier molecular flexibility index (Phi) is 5.49. The molecule has 2 aromatic carbocycles. The van der Waals surface area contributed by atoms with Gasteiger partial charge in [0.2, 0.25) is 5.89 Å². The van der Waals surface area contributed by atoms with Gasteiger partial charge in [-0.05, 0) is 30.7 Å². The van der Waals surface area contributed by atoms with Gasteiger partial charge < -0.3 is 24.6 Å². The van der Waals surface area contributed by atoms with Gasteiger partial charge in [-0.3, -0.25) is 0 Å². The number of hydrogen-bond donors (Lipinski definition) is 2. The van der Waals surface area contributed by atoms with Crippen molar-refractivity contribution in [3.05, 3.63) is 78.1 Å². The first-order valence-electron chi connectivity index (χ1n) is 10.9. The highest BCUT2D eigenvalue weighted by Gasteiger charge is 2.25. The average Bonchev–Trinajstić information content (AvgIpc) is 3.49. The Morgan fingerprint density at radius 3 is 2.72 bits per heavy atom. The molecule has 8 nitrogen and oxygen atoms in total. The summed E-state index contributed by atoms with van der Waals surface area (Å²) < 4.78 is 5.39. The van der Waals surface area contributed by atoms with Gasteiger partial charge in [-0.1, -0.05) is 41.6 Å². The maximum Gasteiger partial charge on any atom is 0.318 e. The number of nitrogens with zero attached hydrogens (tertiary/aromatic N) is 4. The van der Waals surface area contributed by atoms with Crippen LogP contribution in [0.4, 0.5) is 10.5 Å². The van der Waals surface area contributed by atoms with Crippen molar-refractivity contribution in [2.45, 2.75) is 19.4 Å². The molecular formula is C24H26N6O2. The normalized spacial score (nSPS) is 15.2. The van der Waals surface area contributed by atoms with E-state index in [1.165, 1.54) is 11.1 Å². The number of hydrogen-bond acceptors (Lipinski definition) is 5. The molecule has 1 fully saturated rings. The summed E-state index contributed by atoms with van der Waals surface area (Å²) in [5.74, 6) is 1.03. The molecule has 0 saturated carbocycles. The van der Waals surface area contributed by atoms with Crippen LogP contribution in [0.3, 0.4) is 0 Å². The summed E-state index contributed by atoms with van der Waals surface area (Å²) in [5.41, 5.74) is 3.45. The summed E-state index contributed by atoms with van der Waals surface area (Å²) in [6.07, 6.45) is 2.56. The van der Waals surface area contributed by atoms with Crippen molar-refractivity contribution in [2.75, 3.05) is 31.1 Å². The number of fused-ring (bicyclic) bond motifs is 1. The summed E-state index contributed by atoms with van der Waals surface area (Å²) in [5, 5.41) is 8.26. The fourth-order valence-electron chi connectivity index (χ4n) is 4.13. The standard InChI is InChI=1S/C24H26N6O2/c1-17(23-27-22(28-32-23)16-18-6-3-2-4-7-18)26-24(31)30-14-12-29(13-15-30)21-9-5-8-20-19(21)10-11-25-20/h2-11,17,25H,12-16H2,1H3,(H,26,31). The minimum absolute atomic E-state index is 0.111. The maximum atomic E-state index is 12.8. The number of benzene rings is 2. The molecule has 2 N–H and O–H groups in total. The monoisotopic (exact) mass is 430 g/mol. The first-order valence-corrected chi connectivity index (χ1v) is 10.9. The minimum atomic E-state index is -0.355. The van der Waals surface area contributed by atoms with Crippen LogP contribution in [0, 0.1) is 0 Å². The molecular weight excluding hydrogens is 404 g/mol. The summed E-state index contributed by atoms with van der Waals surface area (Å²) in [7, 11) is 0. The highest BCUT2D eigenvalue weighted by Crippen LogP contribution is 2.27. The van der Waals surface area contributed by atoms with E-state index in [-0.39, 0.29) is 12.1 Å². The first kappa shape index (κ1) is 20.1. The Hall–Kier alpha value is -3.81. The van der Waals surface area contributed by atoms with Crippen LogP contribution in [0.15, 0.2) is 65.3 Å². The van der Waals surface area contributed by atoms with Gasteiger partial charge in [0.15, 0.2) is 5.82 Å². The summed E-state index contributed by atoms with van der Waals surface area (Å²) in [6.45, 7) is 4.74. The van der Waals surface area contributed by atoms with E-state index in [1.54, 1.807) is 0 Å². The molecule has 8 heteroatoms. The Balaban J connectivity index is 1.16. The van der Waals surface area contributed by atoms with E-state index in [0.717, 1.165) is 24.2 Å². The van der Waals surface area contributed by atoms with Crippen LogP contribution in [-0.4, -0.2) is 52.2 Å². The molecule has 4 aromatic rings. The topological polar surface area (TPSA) is 90.3 Å². The van der Waals surface area contributed by atoms with Crippen molar-refractivity contribution < 1.29 is 9.32 Å². The van der Waals surface area contributed by atoms with Crippen molar-refractivity contribution in [3.63, 3.8) is 0 Å². The van der Waals surface area contributed by atoms with E-state index in [9.17, 15) is 4.79 Å². The van der Waals surface area contributed by atoms with E-state index in [2.05, 4.69) is 49.6 Å². The van der Waals surface area contributed by atoms with Gasteiger partial charge in [-0.25, -0.2) is 4.79 Å².